The molecule has 4 heteroatoms. The Morgan fingerprint density at radius 1 is 0.963 bits per heavy atom. The molecule has 0 saturated carbocycles. The minimum Gasteiger partial charge on any atom is -0.489 e. The molecule has 1 atom stereocenters. The summed E-state index contributed by atoms with van der Waals surface area (Å²) in [6.07, 6.45) is 3.75. The first-order chi connectivity index (χ1) is 13.4. The molecule has 1 aromatic heterocycles. The quantitative estimate of drug-likeness (QED) is 0.726. The lowest BCUT2D eigenvalue weighted by Gasteiger charge is -2.36. The van der Waals surface area contributed by atoms with Crippen LogP contribution in [0.5, 0.6) is 5.75 Å². The highest BCUT2D eigenvalue weighted by molar-refractivity contribution is 5.29. The van der Waals surface area contributed by atoms with Crippen LogP contribution in [0.25, 0.3) is 0 Å². The average molecular weight is 359 g/mol. The summed E-state index contributed by atoms with van der Waals surface area (Å²) in [7, 11) is 0. The van der Waals surface area contributed by atoms with E-state index in [0.717, 1.165) is 31.9 Å². The highest BCUT2D eigenvalue weighted by atomic mass is 16.5. The molecular formula is C23H25N3O. The summed E-state index contributed by atoms with van der Waals surface area (Å²) >= 11 is 0. The molecule has 4 nitrogen and oxygen atoms in total. The molecule has 1 aliphatic heterocycles. The molecule has 1 fully saturated rings. The Labute approximate surface area is 160 Å². The summed E-state index contributed by atoms with van der Waals surface area (Å²) in [6.45, 7) is 4.52. The predicted octanol–water partition coefficient (Wildman–Crippen LogP) is 3.81. The van der Waals surface area contributed by atoms with E-state index in [9.17, 15) is 0 Å². The van der Waals surface area contributed by atoms with E-state index >= 15 is 0 Å². The normalized spacial score (nSPS) is 17.6. The first kappa shape index (κ1) is 17.7. The Kier molecular flexibility index (Phi) is 5.77. The molecule has 1 unspecified atom stereocenters. The molecule has 0 radical (unpaired) electrons. The number of piperazine rings is 1. The second kappa shape index (κ2) is 8.80. The average Bonchev–Trinajstić information content (AvgIpc) is 2.74. The van der Waals surface area contributed by atoms with Gasteiger partial charge in [-0.15, -0.1) is 0 Å². The van der Waals surface area contributed by atoms with Crippen molar-refractivity contribution in [2.24, 2.45) is 0 Å². The van der Waals surface area contributed by atoms with E-state index in [0.29, 0.717) is 12.6 Å². The molecule has 1 N–H and O–H groups in total. The van der Waals surface area contributed by atoms with Gasteiger partial charge in [-0.05, 0) is 41.0 Å². The lowest BCUT2D eigenvalue weighted by Crippen LogP contribution is -2.45. The molecule has 0 amide bonds. The van der Waals surface area contributed by atoms with Gasteiger partial charge in [-0.25, -0.2) is 0 Å². The van der Waals surface area contributed by atoms with Gasteiger partial charge in [0.1, 0.15) is 12.4 Å². The number of nitrogens with one attached hydrogen (secondary N) is 1. The maximum atomic E-state index is 5.99. The van der Waals surface area contributed by atoms with Gasteiger partial charge < -0.3 is 10.1 Å². The van der Waals surface area contributed by atoms with E-state index in [1.807, 2.05) is 36.7 Å². The van der Waals surface area contributed by atoms with Crippen LogP contribution in [0.4, 0.5) is 0 Å². The van der Waals surface area contributed by atoms with Gasteiger partial charge in [0.05, 0.1) is 0 Å². The summed E-state index contributed by atoms with van der Waals surface area (Å²) in [6, 6.07) is 23.3. The smallest absolute Gasteiger partial charge is 0.120 e. The third-order valence-corrected chi connectivity index (χ3v) is 4.98. The summed E-state index contributed by atoms with van der Waals surface area (Å²) in [5.74, 6) is 0.923. The lowest BCUT2D eigenvalue weighted by atomic mass is 10.0. The molecule has 0 aliphatic carbocycles. The third kappa shape index (κ3) is 4.73. The van der Waals surface area contributed by atoms with Gasteiger partial charge in [0.2, 0.25) is 0 Å². The molecule has 1 saturated heterocycles. The number of hydrogen-bond donors (Lipinski definition) is 1. The van der Waals surface area contributed by atoms with Crippen LogP contribution in [0.2, 0.25) is 0 Å². The largest absolute Gasteiger partial charge is 0.489 e. The molecule has 4 rings (SSSR count). The Morgan fingerprint density at radius 2 is 1.78 bits per heavy atom. The van der Waals surface area contributed by atoms with Crippen molar-refractivity contribution >= 4 is 0 Å². The summed E-state index contributed by atoms with van der Waals surface area (Å²) < 4.78 is 5.99. The van der Waals surface area contributed by atoms with Crippen LogP contribution in [-0.4, -0.2) is 29.5 Å². The van der Waals surface area contributed by atoms with E-state index in [-0.39, 0.29) is 0 Å². The number of aromatic nitrogens is 1. The number of nitrogens with zero attached hydrogens (tertiary/aromatic N) is 2. The van der Waals surface area contributed by atoms with Gasteiger partial charge in [0, 0.05) is 44.6 Å². The molecule has 2 aromatic carbocycles. The number of benzene rings is 2. The van der Waals surface area contributed by atoms with Crippen LogP contribution < -0.4 is 10.1 Å². The van der Waals surface area contributed by atoms with E-state index < -0.39 is 0 Å². The molecule has 2 heterocycles. The van der Waals surface area contributed by atoms with Crippen molar-refractivity contribution in [1.29, 1.82) is 0 Å². The first-order valence-electron chi connectivity index (χ1n) is 9.49. The van der Waals surface area contributed by atoms with Crippen LogP contribution >= 0.6 is 0 Å². The van der Waals surface area contributed by atoms with Gasteiger partial charge in [-0.1, -0.05) is 42.5 Å². The zero-order chi connectivity index (χ0) is 18.3. The number of hydrogen-bond acceptors (Lipinski definition) is 4. The van der Waals surface area contributed by atoms with Crippen molar-refractivity contribution in [3.05, 3.63) is 95.8 Å². The fourth-order valence-electron chi connectivity index (χ4n) is 3.56. The second-order valence-electron chi connectivity index (χ2n) is 6.89. The maximum absolute atomic E-state index is 5.99. The summed E-state index contributed by atoms with van der Waals surface area (Å²) in [4.78, 5) is 6.68. The molecule has 3 aromatic rings. The van der Waals surface area contributed by atoms with Crippen LogP contribution in [-0.2, 0) is 13.2 Å². The van der Waals surface area contributed by atoms with Crippen LogP contribution in [0, 0.1) is 0 Å². The van der Waals surface area contributed by atoms with Crippen molar-refractivity contribution in [2.75, 3.05) is 19.6 Å². The van der Waals surface area contributed by atoms with Gasteiger partial charge in [0.15, 0.2) is 0 Å². The minimum atomic E-state index is 0.371. The SMILES string of the molecule is c1ccc(COc2cccc(CN3CCNCC3c3ccncc3)c2)cc1. The van der Waals surface area contributed by atoms with Gasteiger partial charge in [-0.2, -0.15) is 0 Å². The minimum absolute atomic E-state index is 0.371. The van der Waals surface area contributed by atoms with Crippen molar-refractivity contribution in [3.63, 3.8) is 0 Å². The number of rotatable bonds is 6. The monoisotopic (exact) mass is 359 g/mol. The lowest BCUT2D eigenvalue weighted by molar-refractivity contribution is 0.153. The highest BCUT2D eigenvalue weighted by Crippen LogP contribution is 2.25. The zero-order valence-electron chi connectivity index (χ0n) is 15.4. The maximum Gasteiger partial charge on any atom is 0.120 e. The van der Waals surface area contributed by atoms with E-state index in [1.165, 1.54) is 16.7 Å². The van der Waals surface area contributed by atoms with Crippen molar-refractivity contribution in [3.8, 4) is 5.75 Å². The Morgan fingerprint density at radius 3 is 2.63 bits per heavy atom. The topological polar surface area (TPSA) is 37.4 Å². The predicted molar refractivity (Wildman–Crippen MR) is 107 cm³/mol. The van der Waals surface area contributed by atoms with Crippen LogP contribution in [0.3, 0.4) is 0 Å². The fraction of sp³-hybridized carbons (Fsp3) is 0.261. The number of ether oxygens (including phenoxy) is 1. The third-order valence-electron chi connectivity index (χ3n) is 4.98. The molecule has 27 heavy (non-hydrogen) atoms. The summed E-state index contributed by atoms with van der Waals surface area (Å²) in [5.41, 5.74) is 3.78. The van der Waals surface area contributed by atoms with Crippen molar-refractivity contribution < 1.29 is 4.74 Å². The zero-order valence-corrected chi connectivity index (χ0v) is 15.4. The molecule has 0 spiro atoms. The Hall–Kier alpha value is -2.69. The van der Waals surface area contributed by atoms with Crippen molar-refractivity contribution in [1.82, 2.24) is 15.2 Å². The molecule has 1 aliphatic rings. The fourth-order valence-corrected chi connectivity index (χ4v) is 3.56. The van der Waals surface area contributed by atoms with E-state index in [4.69, 9.17) is 4.74 Å². The van der Waals surface area contributed by atoms with Gasteiger partial charge >= 0.3 is 0 Å². The highest BCUT2D eigenvalue weighted by Gasteiger charge is 2.23. The summed E-state index contributed by atoms with van der Waals surface area (Å²) in [5, 5.41) is 3.51. The standard InChI is InChI=1S/C23H25N3O/c1-2-5-19(6-3-1)18-27-22-8-4-7-20(15-22)17-26-14-13-25-16-23(26)21-9-11-24-12-10-21/h1-12,15,23,25H,13-14,16-18H2. The van der Waals surface area contributed by atoms with E-state index in [1.54, 1.807) is 0 Å². The van der Waals surface area contributed by atoms with E-state index in [2.05, 4.69) is 57.7 Å². The van der Waals surface area contributed by atoms with Crippen molar-refractivity contribution in [2.45, 2.75) is 19.2 Å². The van der Waals surface area contributed by atoms with Gasteiger partial charge in [0.25, 0.3) is 0 Å². The Balaban J connectivity index is 1.43. The van der Waals surface area contributed by atoms with Gasteiger partial charge in [-0.3, -0.25) is 9.88 Å². The molecular weight excluding hydrogens is 334 g/mol. The van der Waals surface area contributed by atoms with Crippen LogP contribution in [0.1, 0.15) is 22.7 Å². The van der Waals surface area contributed by atoms with Crippen LogP contribution in [0.15, 0.2) is 79.1 Å². The Bertz CT molecular complexity index is 839. The second-order valence-corrected chi connectivity index (χ2v) is 6.89. The number of pyridine rings is 1. The molecule has 138 valence electrons. The first-order valence-corrected chi connectivity index (χ1v) is 9.49. The molecule has 0 bridgehead atoms.